The zero-order chi connectivity index (χ0) is 26.8. The number of benzene rings is 1. The van der Waals surface area contributed by atoms with Crippen LogP contribution in [0.2, 0.25) is 0 Å². The number of thiazole rings is 1. The Kier molecular flexibility index (Phi) is 7.28. The van der Waals surface area contributed by atoms with Gasteiger partial charge in [0.05, 0.1) is 17.5 Å². The van der Waals surface area contributed by atoms with Crippen molar-refractivity contribution in [1.29, 1.82) is 0 Å². The van der Waals surface area contributed by atoms with E-state index in [1.807, 2.05) is 62.5 Å². The van der Waals surface area contributed by atoms with Crippen molar-refractivity contribution in [2.45, 2.75) is 26.8 Å². The molecule has 2 N–H and O–H groups in total. The van der Waals surface area contributed by atoms with E-state index >= 15 is 0 Å². The van der Waals surface area contributed by atoms with E-state index in [1.54, 1.807) is 12.4 Å². The average molecular weight is 538 g/mol. The second kappa shape index (κ2) is 10.3. The topological polar surface area (TPSA) is 123 Å². The summed E-state index contributed by atoms with van der Waals surface area (Å²) in [6.45, 7) is 5.49. The van der Waals surface area contributed by atoms with Crippen molar-refractivity contribution in [2.24, 2.45) is 5.41 Å². The van der Waals surface area contributed by atoms with Crippen LogP contribution in [0, 0.1) is 5.41 Å². The second-order valence-corrected chi connectivity index (χ2v) is 12.4. The number of hydrogen-bond donors (Lipinski definition) is 2. The van der Waals surface area contributed by atoms with Gasteiger partial charge in [0.1, 0.15) is 6.04 Å². The molecule has 9 nitrogen and oxygen atoms in total. The van der Waals surface area contributed by atoms with Gasteiger partial charge in [0.2, 0.25) is 15.9 Å². The van der Waals surface area contributed by atoms with Crippen molar-refractivity contribution < 1.29 is 18.0 Å². The largest absolute Gasteiger partial charge is 0.340 e. The van der Waals surface area contributed by atoms with Crippen LogP contribution in [0.1, 0.15) is 31.1 Å². The number of carbonyl (C=O) groups is 2. The third-order valence-electron chi connectivity index (χ3n) is 5.62. The molecule has 0 fully saturated rings. The first-order valence-corrected chi connectivity index (χ1v) is 14.1. The zero-order valence-corrected chi connectivity index (χ0v) is 22.4. The molecule has 4 rings (SSSR count). The smallest absolute Gasteiger partial charge is 0.253 e. The quantitative estimate of drug-likeness (QED) is 0.363. The van der Waals surface area contributed by atoms with Gasteiger partial charge in [-0.2, -0.15) is 0 Å². The van der Waals surface area contributed by atoms with Crippen LogP contribution in [0.4, 0.5) is 5.13 Å². The minimum Gasteiger partial charge on any atom is -0.340 e. The molecule has 3 aromatic heterocycles. The van der Waals surface area contributed by atoms with Crippen LogP contribution in [0.15, 0.2) is 72.6 Å². The average Bonchev–Trinajstić information content (AvgIpc) is 3.52. The van der Waals surface area contributed by atoms with E-state index in [0.29, 0.717) is 5.13 Å². The van der Waals surface area contributed by atoms with Crippen LogP contribution in [0.3, 0.4) is 0 Å². The van der Waals surface area contributed by atoms with E-state index < -0.39 is 33.3 Å². The predicted octanol–water partition coefficient (Wildman–Crippen LogP) is 4.26. The highest BCUT2D eigenvalue weighted by Gasteiger charge is 2.33. The molecule has 0 saturated carbocycles. The minimum absolute atomic E-state index is 0.137. The molecule has 2 amide bonds. The third-order valence-corrected chi connectivity index (χ3v) is 7.37. The Labute approximate surface area is 219 Å². The van der Waals surface area contributed by atoms with Crippen molar-refractivity contribution in [3.63, 3.8) is 0 Å². The van der Waals surface area contributed by atoms with Gasteiger partial charge in [-0.3, -0.25) is 18.5 Å². The highest BCUT2D eigenvalue weighted by atomic mass is 32.2. The zero-order valence-electron chi connectivity index (χ0n) is 20.8. The van der Waals surface area contributed by atoms with Crippen molar-refractivity contribution in [3.05, 3.63) is 78.2 Å². The van der Waals surface area contributed by atoms with Gasteiger partial charge >= 0.3 is 0 Å². The summed E-state index contributed by atoms with van der Waals surface area (Å²) < 4.78 is 24.4. The molecule has 37 heavy (non-hydrogen) atoms. The maximum atomic E-state index is 13.2. The fourth-order valence-corrected chi connectivity index (χ4v) is 4.96. The van der Waals surface area contributed by atoms with Crippen LogP contribution >= 0.6 is 11.3 Å². The number of rotatable bonds is 7. The Bertz CT molecular complexity index is 1540. The van der Waals surface area contributed by atoms with Crippen molar-refractivity contribution in [3.8, 4) is 22.4 Å². The molecule has 0 saturated heterocycles. The number of anilines is 1. The molecule has 0 aliphatic carbocycles. The van der Waals surface area contributed by atoms with Crippen LogP contribution < -0.4 is 10.6 Å². The van der Waals surface area contributed by atoms with E-state index in [2.05, 4.69) is 20.6 Å². The van der Waals surface area contributed by atoms with Gasteiger partial charge in [0.15, 0.2) is 5.13 Å². The Morgan fingerprint density at radius 1 is 1.03 bits per heavy atom. The van der Waals surface area contributed by atoms with Crippen molar-refractivity contribution in [2.75, 3.05) is 11.6 Å². The molecule has 0 aliphatic heterocycles. The third kappa shape index (κ3) is 6.30. The van der Waals surface area contributed by atoms with Crippen LogP contribution in [0.5, 0.6) is 0 Å². The molecule has 0 spiro atoms. The van der Waals surface area contributed by atoms with Gasteiger partial charge in [0.25, 0.3) is 5.91 Å². The number of nitrogens with zero attached hydrogens (tertiary/aromatic N) is 3. The Hall–Kier alpha value is -3.83. The normalized spacial score (nSPS) is 12.6. The molecule has 3 heterocycles. The number of amides is 2. The standard InChI is InChI=1S/C26H27N5O4S2/c1-26(2,3)22(29-23(32)20-10-13-31(15-20)37(4,34)35)24(33)30-25-28-21(16-36-25)19-7-5-6-18(14-19)17-8-11-27-12-9-17/h5-16,22H,1-4H3,(H,29,32)(H,28,30,33)/t22-/m1/s1. The monoisotopic (exact) mass is 537 g/mol. The number of hydrogen-bond acceptors (Lipinski definition) is 7. The lowest BCUT2D eigenvalue weighted by Gasteiger charge is -2.29. The minimum atomic E-state index is -3.52. The Morgan fingerprint density at radius 2 is 1.73 bits per heavy atom. The molecule has 0 unspecified atom stereocenters. The van der Waals surface area contributed by atoms with E-state index in [9.17, 15) is 18.0 Å². The van der Waals surface area contributed by atoms with E-state index in [4.69, 9.17) is 0 Å². The van der Waals surface area contributed by atoms with Crippen LogP contribution in [-0.2, 0) is 14.8 Å². The summed E-state index contributed by atoms with van der Waals surface area (Å²) in [6.07, 6.45) is 7.03. The molecule has 1 aromatic carbocycles. The highest BCUT2D eigenvalue weighted by molar-refractivity contribution is 7.89. The van der Waals surface area contributed by atoms with Crippen LogP contribution in [0.25, 0.3) is 22.4 Å². The summed E-state index contributed by atoms with van der Waals surface area (Å²) in [5.74, 6) is -0.972. The first-order valence-electron chi connectivity index (χ1n) is 11.4. The van der Waals surface area contributed by atoms with Gasteiger partial charge in [-0.15, -0.1) is 11.3 Å². The summed E-state index contributed by atoms with van der Waals surface area (Å²) >= 11 is 1.29. The van der Waals surface area contributed by atoms with E-state index in [0.717, 1.165) is 32.6 Å². The molecule has 11 heteroatoms. The van der Waals surface area contributed by atoms with Gasteiger partial charge in [-0.25, -0.2) is 13.4 Å². The van der Waals surface area contributed by atoms with Gasteiger partial charge in [-0.1, -0.05) is 39.0 Å². The van der Waals surface area contributed by atoms with Gasteiger partial charge < -0.3 is 10.6 Å². The number of pyridine rings is 1. The lowest BCUT2D eigenvalue weighted by atomic mass is 9.86. The number of nitrogens with one attached hydrogen (secondary N) is 2. The van der Waals surface area contributed by atoms with Gasteiger partial charge in [-0.05, 0) is 40.8 Å². The lowest BCUT2D eigenvalue weighted by Crippen LogP contribution is -2.51. The molecule has 0 bridgehead atoms. The summed E-state index contributed by atoms with van der Waals surface area (Å²) in [5.41, 5.74) is 3.20. The summed E-state index contributed by atoms with van der Waals surface area (Å²) in [7, 11) is -3.52. The number of carbonyl (C=O) groups excluding carboxylic acids is 2. The Balaban J connectivity index is 1.50. The first kappa shape index (κ1) is 26.2. The maximum absolute atomic E-state index is 13.2. The molecule has 0 aliphatic rings. The van der Waals surface area contributed by atoms with Gasteiger partial charge in [0, 0.05) is 35.7 Å². The predicted molar refractivity (Wildman–Crippen MR) is 145 cm³/mol. The van der Waals surface area contributed by atoms with Crippen molar-refractivity contribution in [1.82, 2.24) is 19.3 Å². The summed E-state index contributed by atoms with van der Waals surface area (Å²) in [4.78, 5) is 34.7. The molecule has 0 radical (unpaired) electrons. The molecule has 192 valence electrons. The maximum Gasteiger partial charge on any atom is 0.253 e. The summed E-state index contributed by atoms with van der Waals surface area (Å²) in [5, 5.41) is 7.82. The summed E-state index contributed by atoms with van der Waals surface area (Å²) in [6, 6.07) is 12.3. The van der Waals surface area contributed by atoms with E-state index in [-0.39, 0.29) is 5.56 Å². The lowest BCUT2D eigenvalue weighted by molar-refractivity contribution is -0.120. The fraction of sp³-hybridized carbons (Fsp3) is 0.231. The van der Waals surface area contributed by atoms with Crippen LogP contribution in [-0.4, -0.2) is 46.5 Å². The molecular weight excluding hydrogens is 510 g/mol. The fourth-order valence-electron chi connectivity index (χ4n) is 3.65. The highest BCUT2D eigenvalue weighted by Crippen LogP contribution is 2.29. The molecule has 4 aromatic rings. The number of aromatic nitrogens is 3. The second-order valence-electron chi connectivity index (χ2n) is 9.61. The SMILES string of the molecule is CC(C)(C)[C@H](NC(=O)c1ccn(S(C)(=O)=O)c1)C(=O)Nc1nc(-c2cccc(-c3ccncc3)c2)cs1. The van der Waals surface area contributed by atoms with E-state index in [1.165, 1.54) is 29.8 Å². The molecular formula is C26H27N5O4S2. The van der Waals surface area contributed by atoms with Crippen molar-refractivity contribution >= 4 is 38.3 Å². The first-order chi connectivity index (χ1) is 17.4. The Morgan fingerprint density at radius 3 is 2.38 bits per heavy atom. The molecule has 1 atom stereocenters.